The molecule has 0 fully saturated rings. The zero-order chi connectivity index (χ0) is 8.15. The fourth-order valence-corrected chi connectivity index (χ4v) is 0.838. The van der Waals surface area contributed by atoms with Crippen LogP contribution >= 0.6 is 0 Å². The van der Waals surface area contributed by atoms with Crippen LogP contribution in [0, 0.1) is 5.92 Å². The van der Waals surface area contributed by atoms with E-state index in [9.17, 15) is 0 Å². The average molecular weight is 141 g/mol. The van der Waals surface area contributed by atoms with Gasteiger partial charge in [0.25, 0.3) is 0 Å². The molecule has 1 heteroatoms. The lowest BCUT2D eigenvalue weighted by molar-refractivity contribution is 0.722. The van der Waals surface area contributed by atoms with Gasteiger partial charge in [0.1, 0.15) is 0 Å². The number of hydrogen-bond donors (Lipinski definition) is 1. The van der Waals surface area contributed by atoms with Crippen molar-refractivity contribution < 1.29 is 0 Å². The Kier molecular flexibility index (Phi) is 4.17. The first-order valence-corrected chi connectivity index (χ1v) is 4.00. The van der Waals surface area contributed by atoms with Crippen LogP contribution in [0.5, 0.6) is 0 Å². The Morgan fingerprint density at radius 3 is 2.10 bits per heavy atom. The second-order valence-electron chi connectivity index (χ2n) is 2.99. The minimum Gasteiger partial charge on any atom is -0.389 e. The molecule has 0 aromatic carbocycles. The van der Waals surface area contributed by atoms with E-state index >= 15 is 0 Å². The van der Waals surface area contributed by atoms with Gasteiger partial charge in [0, 0.05) is 12.2 Å². The van der Waals surface area contributed by atoms with E-state index in [4.69, 9.17) is 0 Å². The summed E-state index contributed by atoms with van der Waals surface area (Å²) in [7, 11) is 0. The molecule has 60 valence electrons. The first-order chi connectivity index (χ1) is 4.59. The summed E-state index contributed by atoms with van der Waals surface area (Å²) >= 11 is 0. The molecule has 0 aliphatic heterocycles. The first kappa shape index (κ1) is 9.54. The molecular formula is C9H19N. The normalized spacial score (nSPS) is 13.4. The van der Waals surface area contributed by atoms with Gasteiger partial charge in [0.2, 0.25) is 0 Å². The summed E-state index contributed by atoms with van der Waals surface area (Å²) in [6.45, 7) is 11.9. The molecule has 0 rings (SSSR count). The molecular weight excluding hydrogens is 122 g/mol. The Hall–Kier alpha value is -0.460. The van der Waals surface area contributed by atoms with Crippen molar-refractivity contribution in [2.24, 2.45) is 5.92 Å². The molecule has 0 amide bonds. The van der Waals surface area contributed by atoms with Gasteiger partial charge in [-0.2, -0.15) is 0 Å². The third-order valence-electron chi connectivity index (χ3n) is 1.90. The van der Waals surface area contributed by atoms with E-state index < -0.39 is 0 Å². The van der Waals surface area contributed by atoms with Crippen molar-refractivity contribution in [3.05, 3.63) is 11.3 Å². The van der Waals surface area contributed by atoms with Crippen LogP contribution in [0.4, 0.5) is 0 Å². The van der Waals surface area contributed by atoms with Crippen LogP contribution in [0.2, 0.25) is 0 Å². The quantitative estimate of drug-likeness (QED) is 0.637. The summed E-state index contributed by atoms with van der Waals surface area (Å²) in [5.74, 6) is 0.666. The summed E-state index contributed by atoms with van der Waals surface area (Å²) in [5.41, 5.74) is 2.79. The average Bonchev–Trinajstić information content (AvgIpc) is 1.87. The number of rotatable bonds is 3. The van der Waals surface area contributed by atoms with Gasteiger partial charge in [-0.05, 0) is 26.7 Å². The van der Waals surface area contributed by atoms with Crippen molar-refractivity contribution in [1.82, 2.24) is 5.32 Å². The fourth-order valence-electron chi connectivity index (χ4n) is 0.838. The highest BCUT2D eigenvalue weighted by Gasteiger charge is 1.99. The summed E-state index contributed by atoms with van der Waals surface area (Å²) in [5, 5.41) is 3.31. The monoisotopic (exact) mass is 141 g/mol. The Bertz CT molecular complexity index is 123. The summed E-state index contributed by atoms with van der Waals surface area (Å²) in [6, 6.07) is 0. The van der Waals surface area contributed by atoms with Crippen LogP contribution in [0.1, 0.15) is 34.6 Å². The van der Waals surface area contributed by atoms with Gasteiger partial charge in [-0.3, -0.25) is 0 Å². The van der Waals surface area contributed by atoms with Gasteiger partial charge in [0.15, 0.2) is 0 Å². The zero-order valence-electron chi connectivity index (χ0n) is 7.78. The molecule has 0 bridgehead atoms. The topological polar surface area (TPSA) is 12.0 Å². The van der Waals surface area contributed by atoms with E-state index in [0.29, 0.717) is 5.92 Å². The van der Waals surface area contributed by atoms with Crippen LogP contribution in [-0.2, 0) is 0 Å². The van der Waals surface area contributed by atoms with Gasteiger partial charge in [-0.25, -0.2) is 0 Å². The number of hydrogen-bond acceptors (Lipinski definition) is 1. The molecule has 0 aliphatic rings. The van der Waals surface area contributed by atoms with E-state index in [1.165, 1.54) is 11.3 Å². The van der Waals surface area contributed by atoms with Crippen molar-refractivity contribution in [3.8, 4) is 0 Å². The SMILES string of the molecule is CCN/C(C)=C(/C)C(C)C. The van der Waals surface area contributed by atoms with Gasteiger partial charge in [-0.1, -0.05) is 19.4 Å². The molecule has 0 heterocycles. The molecule has 0 saturated heterocycles. The summed E-state index contributed by atoms with van der Waals surface area (Å²) < 4.78 is 0. The lowest BCUT2D eigenvalue weighted by Gasteiger charge is -2.11. The van der Waals surface area contributed by atoms with Crippen molar-refractivity contribution in [1.29, 1.82) is 0 Å². The molecule has 0 radical (unpaired) electrons. The Morgan fingerprint density at radius 1 is 1.30 bits per heavy atom. The molecule has 1 N–H and O–H groups in total. The lowest BCUT2D eigenvalue weighted by Crippen LogP contribution is -2.12. The van der Waals surface area contributed by atoms with E-state index in [1.54, 1.807) is 0 Å². The molecule has 0 atom stereocenters. The smallest absolute Gasteiger partial charge is 0.0115 e. The largest absolute Gasteiger partial charge is 0.389 e. The van der Waals surface area contributed by atoms with E-state index in [-0.39, 0.29) is 0 Å². The second-order valence-corrected chi connectivity index (χ2v) is 2.99. The maximum absolute atomic E-state index is 3.31. The fraction of sp³-hybridized carbons (Fsp3) is 0.778. The predicted octanol–water partition coefficient (Wildman–Crippen LogP) is 2.55. The van der Waals surface area contributed by atoms with E-state index in [0.717, 1.165) is 6.54 Å². The summed E-state index contributed by atoms with van der Waals surface area (Å²) in [6.07, 6.45) is 0. The van der Waals surface area contributed by atoms with Crippen LogP contribution in [0.25, 0.3) is 0 Å². The number of allylic oxidation sites excluding steroid dienone is 2. The van der Waals surface area contributed by atoms with Crippen molar-refractivity contribution in [2.45, 2.75) is 34.6 Å². The second kappa shape index (κ2) is 4.37. The van der Waals surface area contributed by atoms with E-state index in [1.807, 2.05) is 0 Å². The van der Waals surface area contributed by atoms with Gasteiger partial charge < -0.3 is 5.32 Å². The Labute approximate surface area is 64.5 Å². The molecule has 10 heavy (non-hydrogen) atoms. The van der Waals surface area contributed by atoms with E-state index in [2.05, 4.69) is 39.9 Å². The van der Waals surface area contributed by atoms with Crippen molar-refractivity contribution in [3.63, 3.8) is 0 Å². The Morgan fingerprint density at radius 2 is 1.80 bits per heavy atom. The highest BCUT2D eigenvalue weighted by Crippen LogP contribution is 2.10. The minimum absolute atomic E-state index is 0.666. The van der Waals surface area contributed by atoms with Gasteiger partial charge in [0.05, 0.1) is 0 Å². The highest BCUT2D eigenvalue weighted by atomic mass is 14.9. The third kappa shape index (κ3) is 2.90. The molecule has 0 saturated carbocycles. The van der Waals surface area contributed by atoms with Gasteiger partial charge >= 0.3 is 0 Å². The maximum Gasteiger partial charge on any atom is 0.0115 e. The van der Waals surface area contributed by atoms with Crippen molar-refractivity contribution >= 4 is 0 Å². The molecule has 0 aliphatic carbocycles. The highest BCUT2D eigenvalue weighted by molar-refractivity contribution is 5.09. The van der Waals surface area contributed by atoms with Crippen LogP contribution in [0.15, 0.2) is 11.3 Å². The first-order valence-electron chi connectivity index (χ1n) is 4.00. The van der Waals surface area contributed by atoms with Crippen LogP contribution in [0.3, 0.4) is 0 Å². The van der Waals surface area contributed by atoms with Crippen LogP contribution < -0.4 is 5.32 Å². The standard InChI is InChI=1S/C9H19N/c1-6-10-9(5)8(4)7(2)3/h7,10H,6H2,1-5H3/b9-8-. The number of nitrogens with one attached hydrogen (secondary N) is 1. The minimum atomic E-state index is 0.666. The molecule has 0 aromatic heterocycles. The summed E-state index contributed by atoms with van der Waals surface area (Å²) in [4.78, 5) is 0. The molecule has 0 spiro atoms. The Balaban J connectivity index is 4.05. The van der Waals surface area contributed by atoms with Crippen LogP contribution in [-0.4, -0.2) is 6.54 Å². The molecule has 0 unspecified atom stereocenters. The van der Waals surface area contributed by atoms with Gasteiger partial charge in [-0.15, -0.1) is 0 Å². The lowest BCUT2D eigenvalue weighted by atomic mass is 10.0. The maximum atomic E-state index is 3.31. The zero-order valence-corrected chi connectivity index (χ0v) is 7.78. The van der Waals surface area contributed by atoms with Crippen molar-refractivity contribution in [2.75, 3.05) is 6.54 Å². The third-order valence-corrected chi connectivity index (χ3v) is 1.90. The molecule has 0 aromatic rings. The predicted molar refractivity (Wildman–Crippen MR) is 46.9 cm³/mol. The molecule has 1 nitrogen and oxygen atoms in total.